The summed E-state index contributed by atoms with van der Waals surface area (Å²) in [4.78, 5) is 0. The van der Waals surface area contributed by atoms with Gasteiger partial charge in [-0.2, -0.15) is 0 Å². The van der Waals surface area contributed by atoms with Crippen molar-refractivity contribution in [3.63, 3.8) is 0 Å². The van der Waals surface area contributed by atoms with E-state index in [1.165, 1.54) is 32.1 Å². The molecule has 0 saturated carbocycles. The summed E-state index contributed by atoms with van der Waals surface area (Å²) in [5, 5.41) is 18.7. The smallest absolute Gasteiger partial charge is 0.188 e. The number of unbranched alkanes of at least 4 members (excludes halogenated alkanes) is 6. The van der Waals surface area contributed by atoms with Gasteiger partial charge in [0.05, 0.1) is 0 Å². The van der Waals surface area contributed by atoms with E-state index in [4.69, 9.17) is 5.11 Å². The minimum Gasteiger partial charge on any atom is -0.366 e. The molecule has 1 unspecified atom stereocenters. The van der Waals surface area contributed by atoms with Gasteiger partial charge in [0, 0.05) is 6.42 Å². The number of hydrogen-bond donors (Lipinski definition) is 1. The van der Waals surface area contributed by atoms with E-state index < -0.39 is 6.29 Å². The van der Waals surface area contributed by atoms with Crippen LogP contribution in [0.4, 0.5) is 0 Å². The molecule has 73 valence electrons. The second-order valence-electron chi connectivity index (χ2n) is 3.36. The maximum atomic E-state index is 10.2. The molecular formula is C10H21O2. The lowest BCUT2D eigenvalue weighted by Gasteiger charge is -2.01. The van der Waals surface area contributed by atoms with E-state index in [9.17, 15) is 5.11 Å². The third-order valence-electron chi connectivity index (χ3n) is 2.05. The summed E-state index contributed by atoms with van der Waals surface area (Å²) < 4.78 is 0. The second-order valence-corrected chi connectivity index (χ2v) is 3.36. The fraction of sp³-hybridized carbons (Fsp3) is 1.00. The van der Waals surface area contributed by atoms with Crippen molar-refractivity contribution in [2.45, 2.75) is 64.6 Å². The predicted molar refractivity (Wildman–Crippen MR) is 49.3 cm³/mol. The maximum Gasteiger partial charge on any atom is 0.188 e. The Morgan fingerprint density at radius 3 is 2.00 bits per heavy atom. The van der Waals surface area contributed by atoms with Crippen LogP contribution in [0.2, 0.25) is 0 Å². The van der Waals surface area contributed by atoms with Crippen LogP contribution in [0.3, 0.4) is 0 Å². The van der Waals surface area contributed by atoms with Crippen LogP contribution in [0, 0.1) is 0 Å². The minimum absolute atomic E-state index is 0.424. The van der Waals surface area contributed by atoms with Crippen LogP contribution >= 0.6 is 0 Å². The summed E-state index contributed by atoms with van der Waals surface area (Å²) in [5.41, 5.74) is 0. The number of rotatable bonds is 8. The number of aliphatic hydroxyl groups is 1. The van der Waals surface area contributed by atoms with Gasteiger partial charge in [-0.05, 0) is 6.42 Å². The molecule has 0 spiro atoms. The lowest BCUT2D eigenvalue weighted by molar-refractivity contribution is -0.0968. The molecule has 0 aliphatic heterocycles. The Hall–Kier alpha value is -0.0800. The first-order chi connectivity index (χ1) is 5.77. The molecule has 0 amide bonds. The first-order valence-electron chi connectivity index (χ1n) is 5.11. The minimum atomic E-state index is -1.35. The maximum absolute atomic E-state index is 10.2. The molecule has 1 radical (unpaired) electrons. The Bertz CT molecular complexity index is 81.9. The van der Waals surface area contributed by atoms with Crippen molar-refractivity contribution in [1.29, 1.82) is 0 Å². The molecule has 1 atom stereocenters. The molecule has 0 bridgehead atoms. The molecule has 2 nitrogen and oxygen atoms in total. The molecule has 0 aromatic heterocycles. The Labute approximate surface area is 75.6 Å². The van der Waals surface area contributed by atoms with Crippen molar-refractivity contribution >= 4 is 0 Å². The van der Waals surface area contributed by atoms with Crippen LogP contribution in [0.5, 0.6) is 0 Å². The van der Waals surface area contributed by atoms with Gasteiger partial charge in [0.1, 0.15) is 0 Å². The van der Waals surface area contributed by atoms with Crippen LogP contribution in [0.25, 0.3) is 0 Å². The Morgan fingerprint density at radius 1 is 1.00 bits per heavy atom. The topological polar surface area (TPSA) is 40.1 Å². The van der Waals surface area contributed by atoms with Crippen LogP contribution in [0.1, 0.15) is 58.3 Å². The summed E-state index contributed by atoms with van der Waals surface area (Å²) in [7, 11) is 0. The van der Waals surface area contributed by atoms with Gasteiger partial charge in [-0.15, -0.1) is 0 Å². The molecular weight excluding hydrogens is 152 g/mol. The van der Waals surface area contributed by atoms with Crippen molar-refractivity contribution in [2.75, 3.05) is 0 Å². The molecule has 12 heavy (non-hydrogen) atoms. The first kappa shape index (κ1) is 11.9. The molecule has 0 aromatic carbocycles. The van der Waals surface area contributed by atoms with E-state index in [2.05, 4.69) is 6.92 Å². The Morgan fingerprint density at radius 2 is 1.50 bits per heavy atom. The van der Waals surface area contributed by atoms with Gasteiger partial charge in [0.25, 0.3) is 0 Å². The quantitative estimate of drug-likeness (QED) is 0.445. The Kier molecular flexibility index (Phi) is 8.95. The highest BCUT2D eigenvalue weighted by Crippen LogP contribution is 2.08. The van der Waals surface area contributed by atoms with Gasteiger partial charge in [0.15, 0.2) is 6.29 Å². The summed E-state index contributed by atoms with van der Waals surface area (Å²) in [6.07, 6.45) is 7.48. The molecule has 2 heteroatoms. The summed E-state index contributed by atoms with van der Waals surface area (Å²) >= 11 is 0. The van der Waals surface area contributed by atoms with E-state index in [-0.39, 0.29) is 0 Å². The fourth-order valence-electron chi connectivity index (χ4n) is 1.28. The average Bonchev–Trinajstić information content (AvgIpc) is 2.02. The monoisotopic (exact) mass is 173 g/mol. The zero-order valence-corrected chi connectivity index (χ0v) is 8.09. The van der Waals surface area contributed by atoms with Crippen molar-refractivity contribution in [3.8, 4) is 0 Å². The first-order valence-corrected chi connectivity index (χ1v) is 5.11. The third kappa shape index (κ3) is 9.92. The average molecular weight is 173 g/mol. The molecule has 0 saturated heterocycles. The van der Waals surface area contributed by atoms with Gasteiger partial charge < -0.3 is 5.11 Å². The Balaban J connectivity index is 2.82. The summed E-state index contributed by atoms with van der Waals surface area (Å²) in [5.74, 6) is 0. The molecule has 0 aliphatic carbocycles. The van der Waals surface area contributed by atoms with Crippen molar-refractivity contribution in [2.24, 2.45) is 0 Å². The van der Waals surface area contributed by atoms with Crippen LogP contribution in [-0.4, -0.2) is 11.4 Å². The van der Waals surface area contributed by atoms with Gasteiger partial charge in [0.2, 0.25) is 0 Å². The van der Waals surface area contributed by atoms with E-state index in [1.54, 1.807) is 0 Å². The summed E-state index contributed by atoms with van der Waals surface area (Å²) in [6.45, 7) is 2.20. The number of aliphatic hydroxyl groups excluding tert-OH is 1. The molecule has 0 aliphatic rings. The highest BCUT2D eigenvalue weighted by Gasteiger charge is 1.97. The standard InChI is InChI=1S/C10H21O2/c1-2-3-4-5-6-7-8-9-10(11)12/h10-11H,2-9H2,1H3. The predicted octanol–water partition coefficient (Wildman–Crippen LogP) is 2.88. The zero-order valence-electron chi connectivity index (χ0n) is 8.09. The zero-order chi connectivity index (χ0) is 9.23. The number of hydrogen-bond acceptors (Lipinski definition) is 1. The second kappa shape index (κ2) is 9.01. The third-order valence-corrected chi connectivity index (χ3v) is 2.05. The van der Waals surface area contributed by atoms with Gasteiger partial charge in [-0.1, -0.05) is 45.4 Å². The van der Waals surface area contributed by atoms with Crippen molar-refractivity contribution in [3.05, 3.63) is 0 Å². The lowest BCUT2D eigenvalue weighted by Crippen LogP contribution is -2.00. The molecule has 1 N–H and O–H groups in total. The van der Waals surface area contributed by atoms with Crippen LogP contribution in [-0.2, 0) is 5.11 Å². The largest absolute Gasteiger partial charge is 0.366 e. The SMILES string of the molecule is CCCCCCCCCC([O])O. The van der Waals surface area contributed by atoms with E-state index >= 15 is 0 Å². The lowest BCUT2D eigenvalue weighted by atomic mass is 10.1. The molecule has 0 aromatic rings. The summed E-state index contributed by atoms with van der Waals surface area (Å²) in [6, 6.07) is 0. The molecule has 0 fully saturated rings. The van der Waals surface area contributed by atoms with Crippen LogP contribution in [0.15, 0.2) is 0 Å². The van der Waals surface area contributed by atoms with Gasteiger partial charge in [-0.3, -0.25) is 0 Å². The fourth-order valence-corrected chi connectivity index (χ4v) is 1.28. The van der Waals surface area contributed by atoms with E-state index in [0.29, 0.717) is 6.42 Å². The van der Waals surface area contributed by atoms with Crippen molar-refractivity contribution in [1.82, 2.24) is 0 Å². The highest BCUT2D eigenvalue weighted by atomic mass is 16.5. The molecule has 0 heterocycles. The molecule has 0 rings (SSSR count). The normalized spacial score (nSPS) is 11.0. The van der Waals surface area contributed by atoms with Crippen molar-refractivity contribution < 1.29 is 10.2 Å². The van der Waals surface area contributed by atoms with Crippen LogP contribution < -0.4 is 0 Å². The van der Waals surface area contributed by atoms with E-state index in [0.717, 1.165) is 12.8 Å². The van der Waals surface area contributed by atoms with Gasteiger partial charge >= 0.3 is 0 Å². The van der Waals surface area contributed by atoms with E-state index in [1.807, 2.05) is 0 Å². The van der Waals surface area contributed by atoms with Gasteiger partial charge in [-0.25, -0.2) is 5.11 Å². The highest BCUT2D eigenvalue weighted by molar-refractivity contribution is 4.46.